The Morgan fingerprint density at radius 1 is 1.60 bits per heavy atom. The number of rotatable bonds is 5. The third-order valence-corrected chi connectivity index (χ3v) is 1.63. The zero-order valence-electron chi connectivity index (χ0n) is 7.22. The lowest BCUT2D eigenvalue weighted by Crippen LogP contribution is -2.42. The lowest BCUT2D eigenvalue weighted by Gasteiger charge is -2.23. The molecule has 0 saturated heterocycles. The van der Waals surface area contributed by atoms with Gasteiger partial charge in [-0.05, 0) is 20.5 Å². The van der Waals surface area contributed by atoms with E-state index >= 15 is 0 Å². The van der Waals surface area contributed by atoms with Crippen molar-refractivity contribution < 1.29 is 0 Å². The summed E-state index contributed by atoms with van der Waals surface area (Å²) >= 11 is 0. The standard InChI is InChI=1S/C7H19N3/c1-4-10(7(2)8)6-5-9-3/h7,9H,4-6,8H2,1-3H3. The van der Waals surface area contributed by atoms with Crippen LogP contribution in [0.4, 0.5) is 0 Å². The molecule has 10 heavy (non-hydrogen) atoms. The molecule has 0 aliphatic carbocycles. The number of likely N-dealkylation sites (N-methyl/N-ethyl adjacent to an activating group) is 2. The molecular weight excluding hydrogens is 126 g/mol. The first-order valence-electron chi connectivity index (χ1n) is 3.86. The van der Waals surface area contributed by atoms with Crippen molar-refractivity contribution in [2.75, 3.05) is 26.7 Å². The predicted molar refractivity (Wildman–Crippen MR) is 44.8 cm³/mol. The molecule has 0 aromatic carbocycles. The molecule has 3 N–H and O–H groups in total. The summed E-state index contributed by atoms with van der Waals surface area (Å²) in [5.41, 5.74) is 5.69. The topological polar surface area (TPSA) is 41.3 Å². The van der Waals surface area contributed by atoms with Gasteiger partial charge in [-0.15, -0.1) is 0 Å². The van der Waals surface area contributed by atoms with Crippen molar-refractivity contribution in [1.82, 2.24) is 10.2 Å². The molecular formula is C7H19N3. The molecule has 0 amide bonds. The SMILES string of the molecule is CCN(CCNC)C(C)N. The highest BCUT2D eigenvalue weighted by molar-refractivity contribution is 4.59. The molecule has 3 heteroatoms. The Morgan fingerprint density at radius 2 is 2.20 bits per heavy atom. The molecule has 0 heterocycles. The van der Waals surface area contributed by atoms with Crippen LogP contribution < -0.4 is 11.1 Å². The maximum absolute atomic E-state index is 5.69. The molecule has 0 aromatic rings. The Hall–Kier alpha value is -0.120. The van der Waals surface area contributed by atoms with Gasteiger partial charge >= 0.3 is 0 Å². The van der Waals surface area contributed by atoms with Gasteiger partial charge in [0.1, 0.15) is 0 Å². The molecule has 0 saturated carbocycles. The molecule has 62 valence electrons. The van der Waals surface area contributed by atoms with Crippen molar-refractivity contribution in [2.45, 2.75) is 20.0 Å². The first-order chi connectivity index (χ1) is 4.72. The van der Waals surface area contributed by atoms with Crippen molar-refractivity contribution in [3.8, 4) is 0 Å². The van der Waals surface area contributed by atoms with Crippen LogP contribution in [-0.2, 0) is 0 Å². The smallest absolute Gasteiger partial charge is 0.0543 e. The molecule has 0 fully saturated rings. The number of hydrogen-bond donors (Lipinski definition) is 2. The fourth-order valence-corrected chi connectivity index (χ4v) is 0.905. The summed E-state index contributed by atoms with van der Waals surface area (Å²) in [6, 6.07) is 0. The third kappa shape index (κ3) is 3.82. The molecule has 0 aliphatic heterocycles. The van der Waals surface area contributed by atoms with Crippen LogP contribution >= 0.6 is 0 Å². The van der Waals surface area contributed by atoms with E-state index in [9.17, 15) is 0 Å². The normalized spacial score (nSPS) is 14.1. The minimum Gasteiger partial charge on any atom is -0.318 e. The second-order valence-electron chi connectivity index (χ2n) is 2.47. The Balaban J connectivity index is 3.40. The molecule has 1 unspecified atom stereocenters. The second-order valence-corrected chi connectivity index (χ2v) is 2.47. The minimum absolute atomic E-state index is 0.179. The van der Waals surface area contributed by atoms with E-state index in [2.05, 4.69) is 17.1 Å². The van der Waals surface area contributed by atoms with E-state index in [0.717, 1.165) is 19.6 Å². The number of nitrogens with two attached hydrogens (primary N) is 1. The van der Waals surface area contributed by atoms with Gasteiger partial charge in [0.2, 0.25) is 0 Å². The first kappa shape index (κ1) is 9.88. The summed E-state index contributed by atoms with van der Waals surface area (Å²) in [6.45, 7) is 7.21. The number of nitrogens with zero attached hydrogens (tertiary/aromatic N) is 1. The van der Waals surface area contributed by atoms with Crippen LogP contribution in [0.15, 0.2) is 0 Å². The molecule has 0 aromatic heterocycles. The van der Waals surface area contributed by atoms with Gasteiger partial charge in [0.05, 0.1) is 6.17 Å². The lowest BCUT2D eigenvalue weighted by atomic mass is 10.4. The summed E-state index contributed by atoms with van der Waals surface area (Å²) in [4.78, 5) is 2.22. The Labute approximate surface area is 63.6 Å². The largest absolute Gasteiger partial charge is 0.318 e. The van der Waals surface area contributed by atoms with Gasteiger partial charge < -0.3 is 11.1 Å². The lowest BCUT2D eigenvalue weighted by molar-refractivity contribution is 0.226. The van der Waals surface area contributed by atoms with Gasteiger partial charge in [-0.3, -0.25) is 4.90 Å². The van der Waals surface area contributed by atoms with Crippen molar-refractivity contribution in [2.24, 2.45) is 5.73 Å². The average molecular weight is 145 g/mol. The van der Waals surface area contributed by atoms with Gasteiger partial charge in [-0.2, -0.15) is 0 Å². The average Bonchev–Trinajstić information content (AvgIpc) is 1.89. The quantitative estimate of drug-likeness (QED) is 0.528. The van der Waals surface area contributed by atoms with Crippen molar-refractivity contribution in [3.05, 3.63) is 0 Å². The fourth-order valence-electron chi connectivity index (χ4n) is 0.905. The molecule has 0 aliphatic rings. The minimum atomic E-state index is 0.179. The predicted octanol–water partition coefficient (Wildman–Crippen LogP) is -0.168. The van der Waals surface area contributed by atoms with Crippen molar-refractivity contribution >= 4 is 0 Å². The fraction of sp³-hybridized carbons (Fsp3) is 1.00. The zero-order chi connectivity index (χ0) is 7.98. The molecule has 0 rings (SSSR count). The highest BCUT2D eigenvalue weighted by atomic mass is 15.2. The third-order valence-electron chi connectivity index (χ3n) is 1.63. The zero-order valence-corrected chi connectivity index (χ0v) is 7.22. The van der Waals surface area contributed by atoms with Crippen LogP contribution in [0.25, 0.3) is 0 Å². The monoisotopic (exact) mass is 145 g/mol. The Morgan fingerprint density at radius 3 is 2.50 bits per heavy atom. The van der Waals surface area contributed by atoms with Gasteiger partial charge in [0.15, 0.2) is 0 Å². The maximum atomic E-state index is 5.69. The van der Waals surface area contributed by atoms with E-state index in [1.165, 1.54) is 0 Å². The summed E-state index contributed by atoms with van der Waals surface area (Å²) in [7, 11) is 1.95. The van der Waals surface area contributed by atoms with Crippen LogP contribution in [0.3, 0.4) is 0 Å². The van der Waals surface area contributed by atoms with Crippen molar-refractivity contribution in [1.29, 1.82) is 0 Å². The van der Waals surface area contributed by atoms with E-state index in [4.69, 9.17) is 5.73 Å². The molecule has 1 atom stereocenters. The molecule has 0 bridgehead atoms. The van der Waals surface area contributed by atoms with Crippen LogP contribution in [0.1, 0.15) is 13.8 Å². The molecule has 3 nitrogen and oxygen atoms in total. The van der Waals surface area contributed by atoms with E-state index in [1.54, 1.807) is 0 Å². The molecule has 0 spiro atoms. The highest BCUT2D eigenvalue weighted by Gasteiger charge is 2.04. The first-order valence-corrected chi connectivity index (χ1v) is 3.86. The van der Waals surface area contributed by atoms with E-state index < -0.39 is 0 Å². The van der Waals surface area contributed by atoms with Crippen LogP contribution in [0, 0.1) is 0 Å². The van der Waals surface area contributed by atoms with E-state index in [-0.39, 0.29) is 6.17 Å². The van der Waals surface area contributed by atoms with Crippen molar-refractivity contribution in [3.63, 3.8) is 0 Å². The Bertz CT molecular complexity index is 73.3. The summed E-state index contributed by atoms with van der Waals surface area (Å²) in [5, 5.41) is 3.09. The molecule has 0 radical (unpaired) electrons. The van der Waals surface area contributed by atoms with Crippen LogP contribution in [-0.4, -0.2) is 37.7 Å². The Kier molecular flexibility index (Phi) is 5.58. The van der Waals surface area contributed by atoms with Gasteiger partial charge in [0.25, 0.3) is 0 Å². The van der Waals surface area contributed by atoms with Crippen LogP contribution in [0.2, 0.25) is 0 Å². The van der Waals surface area contributed by atoms with E-state index in [1.807, 2.05) is 14.0 Å². The van der Waals surface area contributed by atoms with Gasteiger partial charge in [0, 0.05) is 13.1 Å². The summed E-state index contributed by atoms with van der Waals surface area (Å²) in [6.07, 6.45) is 0.179. The maximum Gasteiger partial charge on any atom is 0.0543 e. The summed E-state index contributed by atoms with van der Waals surface area (Å²) in [5.74, 6) is 0. The summed E-state index contributed by atoms with van der Waals surface area (Å²) < 4.78 is 0. The highest BCUT2D eigenvalue weighted by Crippen LogP contribution is 1.89. The van der Waals surface area contributed by atoms with Gasteiger partial charge in [-0.25, -0.2) is 0 Å². The second kappa shape index (κ2) is 5.65. The van der Waals surface area contributed by atoms with Crippen LogP contribution in [0.5, 0.6) is 0 Å². The number of hydrogen-bond acceptors (Lipinski definition) is 3. The van der Waals surface area contributed by atoms with E-state index in [0.29, 0.717) is 0 Å². The number of nitrogens with one attached hydrogen (secondary N) is 1. The van der Waals surface area contributed by atoms with Gasteiger partial charge in [-0.1, -0.05) is 6.92 Å².